The third kappa shape index (κ3) is 6.23. The number of benzene rings is 2. The minimum absolute atomic E-state index is 0.0340. The summed E-state index contributed by atoms with van der Waals surface area (Å²) >= 11 is 6.00. The lowest BCUT2D eigenvalue weighted by Gasteiger charge is -2.22. The first-order chi connectivity index (χ1) is 14.0. The van der Waals surface area contributed by atoms with Gasteiger partial charge in [0.1, 0.15) is 5.75 Å². The van der Waals surface area contributed by atoms with Gasteiger partial charge in [0, 0.05) is 43.2 Å². The van der Waals surface area contributed by atoms with Crippen LogP contribution < -0.4 is 4.74 Å². The lowest BCUT2D eigenvalue weighted by Crippen LogP contribution is -2.37. The molecule has 5 nitrogen and oxygen atoms in total. The van der Waals surface area contributed by atoms with Crippen molar-refractivity contribution in [1.29, 1.82) is 0 Å². The van der Waals surface area contributed by atoms with Crippen LogP contribution in [-0.2, 0) is 4.79 Å². The zero-order valence-corrected chi connectivity index (χ0v) is 17.5. The highest BCUT2D eigenvalue weighted by molar-refractivity contribution is 6.30. The maximum Gasteiger partial charge on any atom is 0.253 e. The molecule has 0 spiro atoms. The van der Waals surface area contributed by atoms with Crippen molar-refractivity contribution in [3.8, 4) is 5.75 Å². The molecule has 1 fully saturated rings. The van der Waals surface area contributed by atoms with Crippen molar-refractivity contribution in [3.63, 3.8) is 0 Å². The first-order valence-electron chi connectivity index (χ1n) is 10.0. The van der Waals surface area contributed by atoms with E-state index in [2.05, 4.69) is 0 Å². The van der Waals surface area contributed by atoms with Crippen LogP contribution in [0.5, 0.6) is 5.75 Å². The Balaban J connectivity index is 1.43. The van der Waals surface area contributed by atoms with Gasteiger partial charge < -0.3 is 14.5 Å². The lowest BCUT2D eigenvalue weighted by atomic mass is 10.2. The van der Waals surface area contributed by atoms with Gasteiger partial charge in [-0.05, 0) is 50.1 Å². The highest BCUT2D eigenvalue weighted by atomic mass is 35.5. The second kappa shape index (κ2) is 10.3. The Kier molecular flexibility index (Phi) is 7.53. The molecule has 2 aromatic rings. The first kappa shape index (κ1) is 21.2. The average Bonchev–Trinajstić information content (AvgIpc) is 2.98. The molecule has 1 aliphatic rings. The van der Waals surface area contributed by atoms with E-state index in [0.29, 0.717) is 56.2 Å². The molecule has 0 atom stereocenters. The van der Waals surface area contributed by atoms with Crippen LogP contribution in [0.4, 0.5) is 0 Å². The molecular formula is C23H27ClN2O3. The van der Waals surface area contributed by atoms with Gasteiger partial charge in [0.15, 0.2) is 0 Å². The molecule has 6 heteroatoms. The van der Waals surface area contributed by atoms with E-state index in [1.165, 1.54) is 5.56 Å². The number of carbonyl (C=O) groups excluding carboxylic acids is 2. The molecule has 0 aromatic heterocycles. The molecule has 29 heavy (non-hydrogen) atoms. The van der Waals surface area contributed by atoms with Gasteiger partial charge in [0.25, 0.3) is 5.91 Å². The monoisotopic (exact) mass is 414 g/mol. The highest BCUT2D eigenvalue weighted by Gasteiger charge is 2.22. The lowest BCUT2D eigenvalue weighted by molar-refractivity contribution is -0.131. The third-order valence-electron chi connectivity index (χ3n) is 5.03. The summed E-state index contributed by atoms with van der Waals surface area (Å²) in [5.41, 5.74) is 1.78. The molecular weight excluding hydrogens is 388 g/mol. The number of ether oxygens (including phenoxy) is 1. The summed E-state index contributed by atoms with van der Waals surface area (Å²) in [4.78, 5) is 28.9. The van der Waals surface area contributed by atoms with Crippen LogP contribution in [0.25, 0.3) is 0 Å². The topological polar surface area (TPSA) is 49.9 Å². The van der Waals surface area contributed by atoms with Crippen molar-refractivity contribution in [1.82, 2.24) is 9.80 Å². The smallest absolute Gasteiger partial charge is 0.253 e. The number of hydrogen-bond acceptors (Lipinski definition) is 3. The second-order valence-corrected chi connectivity index (χ2v) is 7.74. The van der Waals surface area contributed by atoms with Gasteiger partial charge in [-0.15, -0.1) is 0 Å². The zero-order chi connectivity index (χ0) is 20.6. The number of aryl methyl sites for hydroxylation is 1. The fraction of sp³-hybridized carbons (Fsp3) is 0.391. The Hall–Kier alpha value is -2.53. The normalized spacial score (nSPS) is 14.4. The van der Waals surface area contributed by atoms with Crippen molar-refractivity contribution in [2.75, 3.05) is 32.8 Å². The van der Waals surface area contributed by atoms with Gasteiger partial charge in [-0.25, -0.2) is 0 Å². The molecule has 1 heterocycles. The van der Waals surface area contributed by atoms with Crippen LogP contribution in [0, 0.1) is 6.92 Å². The van der Waals surface area contributed by atoms with E-state index in [-0.39, 0.29) is 11.8 Å². The average molecular weight is 415 g/mol. The van der Waals surface area contributed by atoms with E-state index in [9.17, 15) is 9.59 Å². The van der Waals surface area contributed by atoms with Gasteiger partial charge in [-0.3, -0.25) is 9.59 Å². The molecule has 2 aromatic carbocycles. The van der Waals surface area contributed by atoms with Gasteiger partial charge in [-0.2, -0.15) is 0 Å². The van der Waals surface area contributed by atoms with E-state index >= 15 is 0 Å². The van der Waals surface area contributed by atoms with Crippen LogP contribution in [-0.4, -0.2) is 54.4 Å². The zero-order valence-electron chi connectivity index (χ0n) is 16.8. The largest absolute Gasteiger partial charge is 0.494 e. The van der Waals surface area contributed by atoms with Crippen LogP contribution in [0.2, 0.25) is 5.02 Å². The Labute approximate surface area is 177 Å². The summed E-state index contributed by atoms with van der Waals surface area (Å²) in [6.45, 7) is 4.97. The molecule has 0 unspecified atom stereocenters. The summed E-state index contributed by atoms with van der Waals surface area (Å²) in [6, 6.07) is 14.9. The molecule has 0 radical (unpaired) electrons. The van der Waals surface area contributed by atoms with Crippen LogP contribution >= 0.6 is 11.6 Å². The molecule has 0 aliphatic carbocycles. The number of halogens is 1. The van der Waals surface area contributed by atoms with Crippen LogP contribution in [0.15, 0.2) is 48.5 Å². The van der Waals surface area contributed by atoms with Crippen LogP contribution in [0.3, 0.4) is 0 Å². The number of rotatable bonds is 6. The molecule has 1 aliphatic heterocycles. The second-order valence-electron chi connectivity index (χ2n) is 7.30. The maximum absolute atomic E-state index is 12.7. The SMILES string of the molecule is Cc1ccc(OCCCC(=O)N2CCCN(C(=O)c3cccc(Cl)c3)CC2)cc1. The molecule has 0 saturated carbocycles. The van der Waals surface area contributed by atoms with Gasteiger partial charge in [-0.1, -0.05) is 35.4 Å². The third-order valence-corrected chi connectivity index (χ3v) is 5.27. The van der Waals surface area contributed by atoms with Crippen molar-refractivity contribution in [2.24, 2.45) is 0 Å². The summed E-state index contributed by atoms with van der Waals surface area (Å²) in [5.74, 6) is 0.913. The quantitative estimate of drug-likeness (QED) is 0.666. The molecule has 0 N–H and O–H groups in total. The van der Waals surface area contributed by atoms with E-state index in [1.807, 2.05) is 36.1 Å². The van der Waals surface area contributed by atoms with Crippen molar-refractivity contribution in [2.45, 2.75) is 26.2 Å². The fourth-order valence-corrected chi connectivity index (χ4v) is 3.57. The van der Waals surface area contributed by atoms with E-state index in [1.54, 1.807) is 29.2 Å². The predicted molar refractivity (Wildman–Crippen MR) is 114 cm³/mol. The number of amides is 2. The summed E-state index contributed by atoms with van der Waals surface area (Å²) < 4.78 is 5.70. The highest BCUT2D eigenvalue weighted by Crippen LogP contribution is 2.15. The standard InChI is InChI=1S/C23H27ClN2O3/c1-18-8-10-21(11-9-18)29-16-3-7-22(27)25-12-4-13-26(15-14-25)23(28)19-5-2-6-20(24)17-19/h2,5-6,8-11,17H,3-4,7,12-16H2,1H3. The molecule has 2 amide bonds. The minimum Gasteiger partial charge on any atom is -0.494 e. The van der Waals surface area contributed by atoms with E-state index in [4.69, 9.17) is 16.3 Å². The number of carbonyl (C=O) groups is 2. The summed E-state index contributed by atoms with van der Waals surface area (Å²) in [5, 5.41) is 0.551. The van der Waals surface area contributed by atoms with Crippen molar-refractivity contribution in [3.05, 3.63) is 64.7 Å². The van der Waals surface area contributed by atoms with Gasteiger partial charge in [0.2, 0.25) is 5.91 Å². The Morgan fingerprint density at radius 1 is 1.00 bits per heavy atom. The summed E-state index contributed by atoms with van der Waals surface area (Å²) in [7, 11) is 0. The maximum atomic E-state index is 12.7. The molecule has 0 bridgehead atoms. The predicted octanol–water partition coefficient (Wildman–Crippen LogP) is 4.18. The fourth-order valence-electron chi connectivity index (χ4n) is 3.38. The van der Waals surface area contributed by atoms with Gasteiger partial charge >= 0.3 is 0 Å². The molecule has 154 valence electrons. The van der Waals surface area contributed by atoms with E-state index in [0.717, 1.165) is 12.2 Å². The molecule has 1 saturated heterocycles. The number of nitrogens with zero attached hydrogens (tertiary/aromatic N) is 2. The Morgan fingerprint density at radius 3 is 2.48 bits per heavy atom. The van der Waals surface area contributed by atoms with Crippen molar-refractivity contribution < 1.29 is 14.3 Å². The molecule has 3 rings (SSSR count). The summed E-state index contributed by atoms with van der Waals surface area (Å²) in [6.07, 6.45) is 1.90. The Morgan fingerprint density at radius 2 is 1.72 bits per heavy atom. The van der Waals surface area contributed by atoms with E-state index < -0.39 is 0 Å². The van der Waals surface area contributed by atoms with Crippen LogP contribution in [0.1, 0.15) is 35.2 Å². The Bertz CT molecular complexity index is 838. The minimum atomic E-state index is -0.0340. The van der Waals surface area contributed by atoms with Gasteiger partial charge in [0.05, 0.1) is 6.61 Å². The number of hydrogen-bond donors (Lipinski definition) is 0. The van der Waals surface area contributed by atoms with Crippen molar-refractivity contribution >= 4 is 23.4 Å². The first-order valence-corrected chi connectivity index (χ1v) is 10.4.